The third kappa shape index (κ3) is 9.98. The maximum absolute atomic E-state index is 13.1. The second-order valence-electron chi connectivity index (χ2n) is 12.0. The predicted octanol–water partition coefficient (Wildman–Crippen LogP) is 8.13. The van der Waals surface area contributed by atoms with Gasteiger partial charge in [-0.05, 0) is 71.7 Å². The van der Waals surface area contributed by atoms with Gasteiger partial charge in [-0.1, -0.05) is 63.3 Å². The summed E-state index contributed by atoms with van der Waals surface area (Å²) in [5.41, 5.74) is 0.805. The molecule has 0 N–H and O–H groups in total. The monoisotopic (exact) mass is 687 g/mol. The van der Waals surface area contributed by atoms with Gasteiger partial charge in [0.05, 0.1) is 17.4 Å². The van der Waals surface area contributed by atoms with Crippen molar-refractivity contribution in [3.63, 3.8) is 0 Å². The molecule has 9 nitrogen and oxygen atoms in total. The predicted molar refractivity (Wildman–Crippen MR) is 165 cm³/mol. The van der Waals surface area contributed by atoms with E-state index in [1.165, 1.54) is 24.3 Å². The molecule has 0 spiro atoms. The summed E-state index contributed by atoms with van der Waals surface area (Å²) in [6.07, 6.45) is 2.77. The molecule has 0 unspecified atom stereocenters. The fraction of sp³-hybridized carbons (Fsp3) is 0.586. The van der Waals surface area contributed by atoms with Crippen molar-refractivity contribution >= 4 is 48.7 Å². The van der Waals surface area contributed by atoms with Crippen LogP contribution in [-0.4, -0.2) is 43.7 Å². The Kier molecular flexibility index (Phi) is 12.4. The molecule has 0 radical (unpaired) electrons. The van der Waals surface area contributed by atoms with Gasteiger partial charge in [0.25, 0.3) is 5.69 Å². The van der Waals surface area contributed by atoms with E-state index in [2.05, 4.69) is 56.5 Å². The van der Waals surface area contributed by atoms with Crippen LogP contribution in [0.2, 0.25) is 18.1 Å². The van der Waals surface area contributed by atoms with E-state index in [0.29, 0.717) is 12.8 Å². The van der Waals surface area contributed by atoms with Crippen LogP contribution in [0.15, 0.2) is 46.1 Å². The maximum atomic E-state index is 13.1. The highest BCUT2D eigenvalue weighted by Gasteiger charge is 2.40. The highest BCUT2D eigenvalue weighted by atomic mass is 127. The van der Waals surface area contributed by atoms with E-state index in [-0.39, 0.29) is 46.8 Å². The van der Waals surface area contributed by atoms with Gasteiger partial charge in [-0.3, -0.25) is 14.9 Å². The van der Waals surface area contributed by atoms with Crippen LogP contribution < -0.4 is 4.74 Å². The second kappa shape index (κ2) is 14.6. The minimum Gasteiger partial charge on any atom is -0.457 e. The third-order valence-corrected chi connectivity index (χ3v) is 13.1. The molecule has 0 amide bonds. The lowest BCUT2D eigenvalue weighted by atomic mass is 9.92. The first-order valence-electron chi connectivity index (χ1n) is 13.5. The average Bonchev–Trinajstić information content (AvgIpc) is 2.86. The average molecular weight is 688 g/mol. The molecule has 1 aliphatic heterocycles. The van der Waals surface area contributed by atoms with Crippen molar-refractivity contribution in [2.75, 3.05) is 0 Å². The Hall–Kier alpha value is -2.25. The normalized spacial score (nSPS) is 26.1. The SMILES string of the molecule is C/C(=C\I)[C@H]1OC(=O)C[C@H](O[Si](C)(C)C(C)(C)C)CC[C@H](C)[C@@H](OC(=O)Oc2ccc([N+](=O)[O-])cc2)/C=C\[C@@H]1C. The van der Waals surface area contributed by atoms with Crippen LogP contribution in [0.5, 0.6) is 5.75 Å². The van der Waals surface area contributed by atoms with Crippen LogP contribution in [0.25, 0.3) is 0 Å². The zero-order chi connectivity index (χ0) is 30.3. The Labute approximate surface area is 252 Å². The summed E-state index contributed by atoms with van der Waals surface area (Å²) < 4.78 is 25.5. The molecule has 222 valence electrons. The number of esters is 1. The van der Waals surface area contributed by atoms with E-state index < -0.39 is 31.6 Å². The molecule has 11 heteroatoms. The van der Waals surface area contributed by atoms with Gasteiger partial charge in [0.1, 0.15) is 18.0 Å². The van der Waals surface area contributed by atoms with Crippen molar-refractivity contribution < 1.29 is 33.1 Å². The molecule has 5 atom stereocenters. The Morgan fingerprint density at radius 2 is 1.77 bits per heavy atom. The van der Waals surface area contributed by atoms with Crippen LogP contribution in [-0.2, 0) is 18.7 Å². The van der Waals surface area contributed by atoms with E-state index in [0.717, 1.165) is 5.57 Å². The minimum absolute atomic E-state index is 0.0280. The van der Waals surface area contributed by atoms with Gasteiger partial charge in [0.15, 0.2) is 8.32 Å². The molecule has 40 heavy (non-hydrogen) atoms. The minimum atomic E-state index is -2.17. The van der Waals surface area contributed by atoms with Gasteiger partial charge < -0.3 is 18.6 Å². The number of cyclic esters (lactones) is 1. The van der Waals surface area contributed by atoms with Crippen LogP contribution in [0.3, 0.4) is 0 Å². The molecule has 2 rings (SSSR count). The van der Waals surface area contributed by atoms with Gasteiger partial charge >= 0.3 is 12.1 Å². The van der Waals surface area contributed by atoms with Gasteiger partial charge in [0, 0.05) is 18.1 Å². The zero-order valence-corrected chi connectivity index (χ0v) is 27.8. The molecule has 0 saturated heterocycles. The number of nitro groups is 1. The Morgan fingerprint density at radius 3 is 2.33 bits per heavy atom. The van der Waals surface area contributed by atoms with Crippen molar-refractivity contribution in [3.8, 4) is 5.75 Å². The van der Waals surface area contributed by atoms with Crippen LogP contribution in [0, 0.1) is 22.0 Å². The first kappa shape index (κ1) is 34.0. The fourth-order valence-electron chi connectivity index (χ4n) is 4.06. The van der Waals surface area contributed by atoms with E-state index in [4.69, 9.17) is 18.6 Å². The zero-order valence-electron chi connectivity index (χ0n) is 24.6. The number of non-ortho nitro benzene ring substituents is 1. The number of nitro benzene ring substituents is 1. The lowest BCUT2D eigenvalue weighted by Crippen LogP contribution is -2.45. The van der Waals surface area contributed by atoms with E-state index in [1.54, 1.807) is 0 Å². The number of halogens is 1. The Balaban J connectivity index is 2.31. The summed E-state index contributed by atoms with van der Waals surface area (Å²) in [5, 5.41) is 10.9. The van der Waals surface area contributed by atoms with Gasteiger partial charge in [-0.15, -0.1) is 0 Å². The number of hydrogen-bond donors (Lipinski definition) is 0. The van der Waals surface area contributed by atoms with Crippen molar-refractivity contribution in [2.24, 2.45) is 11.8 Å². The molecule has 1 aromatic carbocycles. The summed E-state index contributed by atoms with van der Waals surface area (Å²) >= 11 is 2.14. The smallest absolute Gasteiger partial charge is 0.457 e. The molecule has 0 saturated carbocycles. The quantitative estimate of drug-likeness (QED) is 0.0560. The molecule has 0 fully saturated rings. The molecule has 1 heterocycles. The molecule has 1 aromatic rings. The van der Waals surface area contributed by atoms with E-state index >= 15 is 0 Å². The first-order chi connectivity index (χ1) is 18.5. The number of carbonyl (C=O) groups is 2. The molecular formula is C29H42INO8Si. The standard InChI is InChI=1S/C29H42INO8Si/c1-19-9-13-24(39-40(7,8)29(4,5)6)17-26(32)38-27(21(3)18-30)20(2)10-16-25(19)37-28(33)36-23-14-11-22(12-15-23)31(34)35/h10-12,14-16,18-20,24-25,27H,9,13,17H2,1-8H3/b16-10-,21-18+/t19-,20-,24+,25-,27-/m0/s1. The molecule has 1 aliphatic rings. The highest BCUT2D eigenvalue weighted by Crippen LogP contribution is 2.38. The molecule has 0 bridgehead atoms. The third-order valence-electron chi connectivity index (χ3n) is 7.61. The second-order valence-corrected chi connectivity index (χ2v) is 17.3. The molecule has 0 aliphatic carbocycles. The number of rotatable bonds is 6. The number of carbonyl (C=O) groups excluding carboxylic acids is 2. The summed E-state index contributed by atoms with van der Waals surface area (Å²) in [4.78, 5) is 36.2. The topological polar surface area (TPSA) is 114 Å². The van der Waals surface area contributed by atoms with Gasteiger partial charge in [0.2, 0.25) is 0 Å². The van der Waals surface area contributed by atoms with Gasteiger partial charge in [-0.2, -0.15) is 0 Å². The summed E-state index contributed by atoms with van der Waals surface area (Å²) in [6.45, 7) is 16.7. The first-order valence-corrected chi connectivity index (χ1v) is 17.6. The fourth-order valence-corrected chi connectivity index (χ4v) is 5.80. The summed E-state index contributed by atoms with van der Waals surface area (Å²) in [7, 11) is -2.17. The summed E-state index contributed by atoms with van der Waals surface area (Å²) in [5.74, 6) is -0.433. The molecule has 0 aromatic heterocycles. The van der Waals surface area contributed by atoms with Crippen molar-refractivity contribution in [2.45, 2.75) is 97.2 Å². The number of hydrogen-bond acceptors (Lipinski definition) is 8. The van der Waals surface area contributed by atoms with E-state index in [1.807, 2.05) is 37.0 Å². The van der Waals surface area contributed by atoms with Crippen LogP contribution >= 0.6 is 22.6 Å². The highest BCUT2D eigenvalue weighted by molar-refractivity contribution is 14.1. The Bertz CT molecular complexity index is 1100. The number of nitrogens with zero attached hydrogens (tertiary/aromatic N) is 1. The van der Waals surface area contributed by atoms with Crippen LogP contribution in [0.4, 0.5) is 10.5 Å². The number of benzene rings is 1. The largest absolute Gasteiger partial charge is 0.514 e. The maximum Gasteiger partial charge on any atom is 0.514 e. The lowest BCUT2D eigenvalue weighted by molar-refractivity contribution is -0.384. The molecular weight excluding hydrogens is 645 g/mol. The van der Waals surface area contributed by atoms with Crippen LogP contribution in [0.1, 0.15) is 60.8 Å². The van der Waals surface area contributed by atoms with Crippen molar-refractivity contribution in [3.05, 3.63) is 56.2 Å². The lowest BCUT2D eigenvalue weighted by Gasteiger charge is -2.39. The van der Waals surface area contributed by atoms with E-state index in [9.17, 15) is 19.7 Å². The van der Waals surface area contributed by atoms with Gasteiger partial charge in [-0.25, -0.2) is 4.79 Å². The Morgan fingerprint density at radius 1 is 1.15 bits per heavy atom. The van der Waals surface area contributed by atoms with Crippen molar-refractivity contribution in [1.82, 2.24) is 0 Å². The van der Waals surface area contributed by atoms with Crippen molar-refractivity contribution in [1.29, 1.82) is 0 Å². The summed E-state index contributed by atoms with van der Waals surface area (Å²) in [6, 6.07) is 5.22. The number of ether oxygens (including phenoxy) is 3.